The smallest absolute Gasteiger partial charge is 0.263 e. The quantitative estimate of drug-likeness (QED) is 0.824. The lowest BCUT2D eigenvalue weighted by Crippen LogP contribution is -2.14. The molecule has 0 saturated carbocycles. The van der Waals surface area contributed by atoms with Crippen molar-refractivity contribution in [1.29, 1.82) is 0 Å². The Bertz CT molecular complexity index is 546. The second kappa shape index (κ2) is 4.64. The number of benzene rings is 1. The van der Waals surface area contributed by atoms with Crippen molar-refractivity contribution in [2.45, 2.75) is 19.8 Å². The number of nitrogens with zero attached hydrogens (tertiary/aromatic N) is 2. The summed E-state index contributed by atoms with van der Waals surface area (Å²) in [5.41, 5.74) is 7.01. The van der Waals surface area contributed by atoms with Gasteiger partial charge in [-0.3, -0.25) is 0 Å². The predicted octanol–water partition coefficient (Wildman–Crippen LogP) is 2.35. The standard InChI is InChI=1S/C12H14F2N4/c1-2-9-17-10(12(15)18(9)16)7-3-5-8(6-4-7)11(13)14/h3-6,11H,2,15-16H2,1H3. The van der Waals surface area contributed by atoms with E-state index >= 15 is 0 Å². The molecular weight excluding hydrogens is 238 g/mol. The van der Waals surface area contributed by atoms with Crippen LogP contribution in [0.15, 0.2) is 24.3 Å². The van der Waals surface area contributed by atoms with Crippen molar-refractivity contribution in [1.82, 2.24) is 9.66 Å². The molecule has 0 bridgehead atoms. The number of alkyl halides is 2. The van der Waals surface area contributed by atoms with Crippen LogP contribution in [0.4, 0.5) is 14.6 Å². The fourth-order valence-electron chi connectivity index (χ4n) is 1.74. The van der Waals surface area contributed by atoms with Crippen LogP contribution in [0.1, 0.15) is 24.7 Å². The van der Waals surface area contributed by atoms with Gasteiger partial charge in [-0.05, 0) is 0 Å². The zero-order valence-electron chi connectivity index (χ0n) is 9.90. The second-order valence-corrected chi connectivity index (χ2v) is 3.91. The van der Waals surface area contributed by atoms with Crippen molar-refractivity contribution in [3.8, 4) is 11.3 Å². The topological polar surface area (TPSA) is 69.9 Å². The number of nitrogens with two attached hydrogens (primary N) is 2. The van der Waals surface area contributed by atoms with Crippen molar-refractivity contribution in [2.24, 2.45) is 0 Å². The van der Waals surface area contributed by atoms with Crippen LogP contribution in [0.2, 0.25) is 0 Å². The molecule has 0 radical (unpaired) electrons. The van der Waals surface area contributed by atoms with Crippen LogP contribution in [0, 0.1) is 0 Å². The first-order valence-electron chi connectivity index (χ1n) is 5.55. The molecule has 0 amide bonds. The molecule has 0 aliphatic rings. The third-order valence-electron chi connectivity index (χ3n) is 2.77. The summed E-state index contributed by atoms with van der Waals surface area (Å²) in [5, 5.41) is 0. The van der Waals surface area contributed by atoms with Crippen LogP contribution in [0.3, 0.4) is 0 Å². The average Bonchev–Trinajstić information content (AvgIpc) is 2.66. The summed E-state index contributed by atoms with van der Waals surface area (Å²) >= 11 is 0. The maximum absolute atomic E-state index is 12.4. The van der Waals surface area contributed by atoms with Crippen LogP contribution in [-0.4, -0.2) is 9.66 Å². The van der Waals surface area contributed by atoms with Crippen LogP contribution >= 0.6 is 0 Å². The number of hydrogen-bond acceptors (Lipinski definition) is 3. The highest BCUT2D eigenvalue weighted by molar-refractivity contribution is 5.71. The van der Waals surface area contributed by atoms with Crippen molar-refractivity contribution in [3.63, 3.8) is 0 Å². The highest BCUT2D eigenvalue weighted by Gasteiger charge is 2.14. The number of rotatable bonds is 3. The van der Waals surface area contributed by atoms with Crippen molar-refractivity contribution in [2.75, 3.05) is 11.6 Å². The summed E-state index contributed by atoms with van der Waals surface area (Å²) < 4.78 is 26.2. The van der Waals surface area contributed by atoms with E-state index in [9.17, 15) is 8.78 Å². The fourth-order valence-corrected chi connectivity index (χ4v) is 1.74. The van der Waals surface area contributed by atoms with Gasteiger partial charge >= 0.3 is 0 Å². The highest BCUT2D eigenvalue weighted by atomic mass is 19.3. The zero-order valence-corrected chi connectivity index (χ0v) is 9.90. The monoisotopic (exact) mass is 252 g/mol. The van der Waals surface area contributed by atoms with Gasteiger partial charge in [0, 0.05) is 17.5 Å². The lowest BCUT2D eigenvalue weighted by atomic mass is 10.1. The molecule has 0 atom stereocenters. The molecular formula is C12H14F2N4. The number of nitrogen functional groups attached to an aromatic ring is 2. The van der Waals surface area contributed by atoms with Gasteiger partial charge < -0.3 is 11.6 Å². The van der Waals surface area contributed by atoms with E-state index in [1.54, 1.807) is 12.1 Å². The molecule has 0 spiro atoms. The first-order valence-corrected chi connectivity index (χ1v) is 5.55. The zero-order chi connectivity index (χ0) is 13.3. The maximum atomic E-state index is 12.4. The Morgan fingerprint density at radius 2 is 1.89 bits per heavy atom. The first-order chi connectivity index (χ1) is 8.54. The molecule has 96 valence electrons. The first kappa shape index (κ1) is 12.3. The second-order valence-electron chi connectivity index (χ2n) is 3.91. The van der Waals surface area contributed by atoms with E-state index in [4.69, 9.17) is 11.6 Å². The molecule has 0 aliphatic heterocycles. The normalized spacial score (nSPS) is 11.1. The Labute approximate surface area is 103 Å². The Morgan fingerprint density at radius 1 is 1.28 bits per heavy atom. The molecule has 1 aromatic heterocycles. The van der Waals surface area contributed by atoms with E-state index in [1.807, 2.05) is 6.92 Å². The van der Waals surface area contributed by atoms with E-state index in [2.05, 4.69) is 4.98 Å². The molecule has 6 heteroatoms. The van der Waals surface area contributed by atoms with Crippen molar-refractivity contribution in [3.05, 3.63) is 35.7 Å². The molecule has 4 N–H and O–H groups in total. The molecule has 1 aromatic carbocycles. The number of halogens is 2. The lowest BCUT2D eigenvalue weighted by molar-refractivity contribution is 0.151. The predicted molar refractivity (Wildman–Crippen MR) is 66.6 cm³/mol. The summed E-state index contributed by atoms with van der Waals surface area (Å²) in [6, 6.07) is 5.86. The van der Waals surface area contributed by atoms with E-state index in [-0.39, 0.29) is 5.56 Å². The van der Waals surface area contributed by atoms with E-state index in [1.165, 1.54) is 16.8 Å². The minimum atomic E-state index is -2.48. The molecule has 1 heterocycles. The van der Waals surface area contributed by atoms with Crippen LogP contribution in [0.25, 0.3) is 11.3 Å². The Morgan fingerprint density at radius 3 is 2.33 bits per heavy atom. The summed E-state index contributed by atoms with van der Waals surface area (Å²) in [6.45, 7) is 1.91. The number of imidazole rings is 1. The van der Waals surface area contributed by atoms with Gasteiger partial charge in [0.1, 0.15) is 11.5 Å². The van der Waals surface area contributed by atoms with Gasteiger partial charge in [-0.25, -0.2) is 18.4 Å². The third-order valence-corrected chi connectivity index (χ3v) is 2.77. The molecule has 0 unspecified atom stereocenters. The van der Waals surface area contributed by atoms with Gasteiger partial charge in [0.05, 0.1) is 0 Å². The molecule has 0 fully saturated rings. The molecule has 0 saturated heterocycles. The molecule has 2 aromatic rings. The Balaban J connectivity index is 2.42. The number of aryl methyl sites for hydroxylation is 1. The van der Waals surface area contributed by atoms with Crippen LogP contribution < -0.4 is 11.6 Å². The Kier molecular flexibility index (Phi) is 3.18. The Hall–Kier alpha value is -2.11. The third kappa shape index (κ3) is 2.01. The molecule has 4 nitrogen and oxygen atoms in total. The van der Waals surface area contributed by atoms with Gasteiger partial charge in [0.15, 0.2) is 5.82 Å². The van der Waals surface area contributed by atoms with Gasteiger partial charge in [-0.15, -0.1) is 0 Å². The van der Waals surface area contributed by atoms with Crippen molar-refractivity contribution < 1.29 is 8.78 Å². The molecule has 2 rings (SSSR count). The largest absolute Gasteiger partial charge is 0.382 e. The van der Waals surface area contributed by atoms with Crippen LogP contribution in [0.5, 0.6) is 0 Å². The van der Waals surface area contributed by atoms with Crippen molar-refractivity contribution >= 4 is 5.82 Å². The summed E-state index contributed by atoms with van der Waals surface area (Å²) in [6.07, 6.45) is -1.83. The number of aromatic nitrogens is 2. The number of anilines is 1. The van der Waals surface area contributed by atoms with Crippen LogP contribution in [-0.2, 0) is 6.42 Å². The van der Waals surface area contributed by atoms with Gasteiger partial charge in [0.25, 0.3) is 6.43 Å². The van der Waals surface area contributed by atoms with E-state index < -0.39 is 6.43 Å². The SMILES string of the molecule is CCc1nc(-c2ccc(C(F)F)cc2)c(N)n1N. The summed E-state index contributed by atoms with van der Waals surface area (Å²) in [7, 11) is 0. The fraction of sp³-hybridized carbons (Fsp3) is 0.250. The van der Waals surface area contributed by atoms with E-state index in [0.717, 1.165) is 0 Å². The minimum Gasteiger partial charge on any atom is -0.382 e. The van der Waals surface area contributed by atoms with Gasteiger partial charge in [-0.1, -0.05) is 31.2 Å². The molecule has 0 aliphatic carbocycles. The number of hydrogen-bond donors (Lipinski definition) is 2. The minimum absolute atomic E-state index is 0.0276. The summed E-state index contributed by atoms with van der Waals surface area (Å²) in [5.74, 6) is 6.72. The highest BCUT2D eigenvalue weighted by Crippen LogP contribution is 2.27. The lowest BCUT2D eigenvalue weighted by Gasteiger charge is -2.02. The molecule has 18 heavy (non-hydrogen) atoms. The van der Waals surface area contributed by atoms with Gasteiger partial charge in [-0.2, -0.15) is 0 Å². The van der Waals surface area contributed by atoms with E-state index in [0.29, 0.717) is 29.3 Å². The summed E-state index contributed by atoms with van der Waals surface area (Å²) in [4.78, 5) is 4.30. The average molecular weight is 252 g/mol. The van der Waals surface area contributed by atoms with Gasteiger partial charge in [0.2, 0.25) is 0 Å². The maximum Gasteiger partial charge on any atom is 0.263 e.